The summed E-state index contributed by atoms with van der Waals surface area (Å²) in [6.07, 6.45) is 3.30. The zero-order valence-corrected chi connectivity index (χ0v) is 16.9. The average molecular weight is 383 g/mol. The summed E-state index contributed by atoms with van der Waals surface area (Å²) in [4.78, 5) is 16.9. The minimum atomic E-state index is -0.0117. The highest BCUT2D eigenvalue weighted by Gasteiger charge is 2.11. The lowest BCUT2D eigenvalue weighted by Crippen LogP contribution is -2.13. The second-order valence-electron chi connectivity index (χ2n) is 7.50. The highest BCUT2D eigenvalue weighted by Crippen LogP contribution is 2.24. The third-order valence-corrected chi connectivity index (χ3v) is 5.05. The summed E-state index contributed by atoms with van der Waals surface area (Å²) in [7, 11) is 0. The van der Waals surface area contributed by atoms with Crippen molar-refractivity contribution in [3.8, 4) is 0 Å². The van der Waals surface area contributed by atoms with Crippen molar-refractivity contribution in [3.63, 3.8) is 0 Å². The lowest BCUT2D eigenvalue weighted by molar-refractivity contribution is -0.116. The molecule has 0 spiro atoms. The molecule has 0 radical (unpaired) electrons. The number of aromatic nitrogens is 2. The topological polar surface area (TPSA) is 46.9 Å². The molecule has 1 amide bonds. The van der Waals surface area contributed by atoms with E-state index in [4.69, 9.17) is 0 Å². The van der Waals surface area contributed by atoms with Gasteiger partial charge in [-0.2, -0.15) is 0 Å². The van der Waals surface area contributed by atoms with Crippen molar-refractivity contribution >= 4 is 22.6 Å². The van der Waals surface area contributed by atoms with Gasteiger partial charge in [-0.1, -0.05) is 48.5 Å². The summed E-state index contributed by atoms with van der Waals surface area (Å²) < 4.78 is 2.27. The number of rotatable bonds is 6. The molecule has 4 rings (SSSR count). The van der Waals surface area contributed by atoms with Crippen molar-refractivity contribution in [3.05, 3.63) is 95.3 Å². The summed E-state index contributed by atoms with van der Waals surface area (Å²) in [6, 6.07) is 22.7. The molecule has 0 aliphatic carbocycles. The van der Waals surface area contributed by atoms with Crippen LogP contribution in [0.3, 0.4) is 0 Å². The molecule has 2 aromatic carbocycles. The van der Waals surface area contributed by atoms with Gasteiger partial charge >= 0.3 is 0 Å². The first kappa shape index (κ1) is 18.9. The van der Waals surface area contributed by atoms with Gasteiger partial charge < -0.3 is 9.88 Å². The van der Waals surface area contributed by atoms with E-state index in [1.807, 2.05) is 32.0 Å². The highest BCUT2D eigenvalue weighted by atomic mass is 16.1. The lowest BCUT2D eigenvalue weighted by atomic mass is 10.1. The normalized spacial score (nSPS) is 11.0. The third kappa shape index (κ3) is 4.54. The Bertz CT molecular complexity index is 1130. The Morgan fingerprint density at radius 2 is 1.76 bits per heavy atom. The number of nitrogens with one attached hydrogen (secondary N) is 1. The van der Waals surface area contributed by atoms with Crippen molar-refractivity contribution in [1.82, 2.24) is 9.55 Å². The maximum atomic E-state index is 12.5. The van der Waals surface area contributed by atoms with Gasteiger partial charge in [0.2, 0.25) is 5.91 Å². The van der Waals surface area contributed by atoms with E-state index in [0.29, 0.717) is 18.7 Å². The number of para-hydroxylation sites is 1. The van der Waals surface area contributed by atoms with Crippen LogP contribution in [0.5, 0.6) is 0 Å². The fourth-order valence-electron chi connectivity index (χ4n) is 3.79. The highest BCUT2D eigenvalue weighted by molar-refractivity contribution is 5.91. The van der Waals surface area contributed by atoms with Crippen LogP contribution < -0.4 is 5.32 Å². The number of pyridine rings is 1. The van der Waals surface area contributed by atoms with Gasteiger partial charge in [-0.3, -0.25) is 4.79 Å². The van der Waals surface area contributed by atoms with Crippen LogP contribution in [0, 0.1) is 13.8 Å². The van der Waals surface area contributed by atoms with Gasteiger partial charge in [0.15, 0.2) is 0 Å². The first-order valence-electron chi connectivity index (χ1n) is 9.94. The minimum absolute atomic E-state index is 0.0117. The molecular weight excluding hydrogens is 358 g/mol. The second kappa shape index (κ2) is 8.31. The van der Waals surface area contributed by atoms with Gasteiger partial charge in [0.1, 0.15) is 5.82 Å². The average Bonchev–Trinajstić information content (AvgIpc) is 3.04. The van der Waals surface area contributed by atoms with Crippen molar-refractivity contribution < 1.29 is 4.79 Å². The van der Waals surface area contributed by atoms with Crippen molar-refractivity contribution in [2.45, 2.75) is 33.2 Å². The predicted molar refractivity (Wildman–Crippen MR) is 118 cm³/mol. The van der Waals surface area contributed by atoms with E-state index in [9.17, 15) is 4.79 Å². The fourth-order valence-corrected chi connectivity index (χ4v) is 3.79. The molecule has 0 atom stereocenters. The molecule has 2 heterocycles. The van der Waals surface area contributed by atoms with E-state index in [1.54, 1.807) is 0 Å². The van der Waals surface area contributed by atoms with Crippen molar-refractivity contribution in [1.29, 1.82) is 0 Å². The van der Waals surface area contributed by atoms with Crippen LogP contribution in [-0.2, 0) is 17.8 Å². The molecule has 0 bridgehead atoms. The molecule has 4 nitrogen and oxygen atoms in total. The van der Waals surface area contributed by atoms with Gasteiger partial charge in [0.05, 0.1) is 0 Å². The van der Waals surface area contributed by atoms with Crippen LogP contribution >= 0.6 is 0 Å². The number of aryl methyl sites for hydroxylation is 3. The molecule has 0 aliphatic rings. The standard InChI is InChI=1S/C25H25N3O/c1-18-14-19(2)26-24(15-18)27-25(29)13-12-21-17-28(16-20-8-4-3-5-9-20)23-11-7-6-10-22(21)23/h3-11,14-15,17H,12-13,16H2,1-2H3,(H,26,27,29). The van der Waals surface area contributed by atoms with Crippen LogP contribution in [0.2, 0.25) is 0 Å². The number of fused-ring (bicyclic) bond motifs is 1. The monoisotopic (exact) mass is 383 g/mol. The summed E-state index contributed by atoms with van der Waals surface area (Å²) in [5.74, 6) is 0.612. The summed E-state index contributed by atoms with van der Waals surface area (Å²) in [5.41, 5.74) is 5.65. The van der Waals surface area contributed by atoms with E-state index < -0.39 is 0 Å². The summed E-state index contributed by atoms with van der Waals surface area (Å²) in [5, 5.41) is 4.14. The molecule has 0 unspecified atom stereocenters. The Labute approximate surface area is 171 Å². The third-order valence-electron chi connectivity index (χ3n) is 5.05. The largest absolute Gasteiger partial charge is 0.343 e. The van der Waals surface area contributed by atoms with Crippen LogP contribution in [0.4, 0.5) is 5.82 Å². The number of carbonyl (C=O) groups is 1. The summed E-state index contributed by atoms with van der Waals surface area (Å²) in [6.45, 7) is 4.76. The molecule has 146 valence electrons. The molecule has 4 heteroatoms. The Morgan fingerprint density at radius 1 is 1.00 bits per heavy atom. The Balaban J connectivity index is 1.50. The number of amides is 1. The lowest BCUT2D eigenvalue weighted by Gasteiger charge is -2.06. The molecular formula is C25H25N3O. The smallest absolute Gasteiger partial charge is 0.225 e. The van der Waals surface area contributed by atoms with Gasteiger partial charge in [-0.15, -0.1) is 0 Å². The predicted octanol–water partition coefficient (Wildman–Crippen LogP) is 5.27. The van der Waals surface area contributed by atoms with E-state index in [2.05, 4.69) is 69.6 Å². The molecule has 0 saturated heterocycles. The van der Waals surface area contributed by atoms with Crippen LogP contribution in [0.15, 0.2) is 72.9 Å². The number of hydrogen-bond acceptors (Lipinski definition) is 2. The number of anilines is 1. The Morgan fingerprint density at radius 3 is 2.55 bits per heavy atom. The van der Waals surface area contributed by atoms with E-state index in [0.717, 1.165) is 17.8 Å². The number of hydrogen-bond donors (Lipinski definition) is 1. The quantitative estimate of drug-likeness (QED) is 0.493. The minimum Gasteiger partial charge on any atom is -0.343 e. The molecule has 0 fully saturated rings. The zero-order valence-electron chi connectivity index (χ0n) is 16.9. The Hall–Kier alpha value is -3.40. The van der Waals surface area contributed by atoms with E-state index in [1.165, 1.54) is 22.0 Å². The molecule has 29 heavy (non-hydrogen) atoms. The first-order valence-corrected chi connectivity index (χ1v) is 9.94. The number of benzene rings is 2. The van der Waals surface area contributed by atoms with E-state index in [-0.39, 0.29) is 5.91 Å². The SMILES string of the molecule is Cc1cc(C)nc(NC(=O)CCc2cn(Cc3ccccc3)c3ccccc23)c1. The van der Waals surface area contributed by atoms with Crippen LogP contribution in [-0.4, -0.2) is 15.5 Å². The van der Waals surface area contributed by atoms with Gasteiger partial charge in [-0.25, -0.2) is 4.98 Å². The molecule has 1 N–H and O–H groups in total. The van der Waals surface area contributed by atoms with Crippen molar-refractivity contribution in [2.24, 2.45) is 0 Å². The number of carbonyl (C=O) groups excluding carboxylic acids is 1. The summed E-state index contributed by atoms with van der Waals surface area (Å²) >= 11 is 0. The maximum absolute atomic E-state index is 12.5. The van der Waals surface area contributed by atoms with Crippen molar-refractivity contribution in [2.75, 3.05) is 5.32 Å². The first-order chi connectivity index (χ1) is 14.1. The second-order valence-corrected chi connectivity index (χ2v) is 7.50. The molecule has 2 aromatic heterocycles. The van der Waals surface area contributed by atoms with Crippen LogP contribution in [0.1, 0.15) is 28.8 Å². The zero-order chi connectivity index (χ0) is 20.2. The molecule has 0 aliphatic heterocycles. The molecule has 4 aromatic rings. The van der Waals surface area contributed by atoms with E-state index >= 15 is 0 Å². The van der Waals surface area contributed by atoms with Gasteiger partial charge in [-0.05, 0) is 55.2 Å². The van der Waals surface area contributed by atoms with Gasteiger partial charge in [0.25, 0.3) is 0 Å². The number of nitrogens with zero attached hydrogens (tertiary/aromatic N) is 2. The Kier molecular flexibility index (Phi) is 5.43. The maximum Gasteiger partial charge on any atom is 0.225 e. The van der Waals surface area contributed by atoms with Crippen LogP contribution in [0.25, 0.3) is 10.9 Å². The fraction of sp³-hybridized carbons (Fsp3) is 0.200. The van der Waals surface area contributed by atoms with Gasteiger partial charge in [0, 0.05) is 35.8 Å². The molecule has 0 saturated carbocycles.